The molecular formula is C11H14N6O. The van der Waals surface area contributed by atoms with Gasteiger partial charge in [-0.1, -0.05) is 0 Å². The number of aromatic nitrogens is 5. The fourth-order valence-corrected chi connectivity index (χ4v) is 1.43. The third-order valence-corrected chi connectivity index (χ3v) is 2.10. The van der Waals surface area contributed by atoms with Crippen LogP contribution in [-0.4, -0.2) is 37.1 Å². The summed E-state index contributed by atoms with van der Waals surface area (Å²) >= 11 is 0. The zero-order valence-electron chi connectivity index (χ0n) is 10.2. The summed E-state index contributed by atoms with van der Waals surface area (Å²) in [4.78, 5) is 23.8. The van der Waals surface area contributed by atoms with Crippen molar-refractivity contribution in [3.63, 3.8) is 0 Å². The van der Waals surface area contributed by atoms with Crippen LogP contribution in [0.1, 0.15) is 19.7 Å². The highest BCUT2D eigenvalue weighted by molar-refractivity contribution is 5.78. The van der Waals surface area contributed by atoms with Crippen molar-refractivity contribution >= 4 is 5.91 Å². The molecule has 2 N–H and O–H groups in total. The maximum atomic E-state index is 11.5. The van der Waals surface area contributed by atoms with Crippen molar-refractivity contribution in [1.82, 2.24) is 30.5 Å². The molecule has 94 valence electrons. The number of nitrogens with zero attached hydrogens (tertiary/aromatic N) is 4. The first-order valence-corrected chi connectivity index (χ1v) is 5.62. The Labute approximate surface area is 104 Å². The molecule has 18 heavy (non-hydrogen) atoms. The normalized spacial score (nSPS) is 10.6. The van der Waals surface area contributed by atoms with Crippen molar-refractivity contribution in [2.45, 2.75) is 26.3 Å². The van der Waals surface area contributed by atoms with Gasteiger partial charge in [0.1, 0.15) is 11.5 Å². The Morgan fingerprint density at radius 3 is 2.94 bits per heavy atom. The van der Waals surface area contributed by atoms with Crippen LogP contribution in [0.5, 0.6) is 0 Å². The van der Waals surface area contributed by atoms with Crippen molar-refractivity contribution in [1.29, 1.82) is 0 Å². The second kappa shape index (κ2) is 5.35. The molecule has 2 rings (SSSR count). The van der Waals surface area contributed by atoms with Gasteiger partial charge in [0.2, 0.25) is 11.7 Å². The van der Waals surface area contributed by atoms with Crippen LogP contribution in [0.15, 0.2) is 18.6 Å². The fourth-order valence-electron chi connectivity index (χ4n) is 1.43. The van der Waals surface area contributed by atoms with Gasteiger partial charge in [-0.05, 0) is 13.8 Å². The summed E-state index contributed by atoms with van der Waals surface area (Å²) in [5.41, 5.74) is 0.573. The van der Waals surface area contributed by atoms with Crippen LogP contribution in [0.2, 0.25) is 0 Å². The second-order valence-corrected chi connectivity index (χ2v) is 4.10. The SMILES string of the molecule is CC(C)NC(=O)Cc1nc(-c2cnccn2)n[nH]1. The molecular weight excluding hydrogens is 232 g/mol. The lowest BCUT2D eigenvalue weighted by Crippen LogP contribution is -2.31. The molecule has 2 heterocycles. The predicted octanol–water partition coefficient (Wildman–Crippen LogP) is 0.329. The number of amides is 1. The molecule has 0 fully saturated rings. The number of carbonyl (C=O) groups is 1. The molecule has 7 nitrogen and oxygen atoms in total. The van der Waals surface area contributed by atoms with Crippen molar-refractivity contribution in [3.8, 4) is 11.5 Å². The number of carbonyl (C=O) groups excluding carboxylic acids is 1. The zero-order valence-corrected chi connectivity index (χ0v) is 10.2. The summed E-state index contributed by atoms with van der Waals surface area (Å²) in [6.07, 6.45) is 4.89. The summed E-state index contributed by atoms with van der Waals surface area (Å²) in [7, 11) is 0. The van der Waals surface area contributed by atoms with E-state index in [1.807, 2.05) is 13.8 Å². The number of rotatable bonds is 4. The average Bonchev–Trinajstić information content (AvgIpc) is 2.77. The minimum atomic E-state index is -0.0909. The number of hydrogen-bond acceptors (Lipinski definition) is 5. The Morgan fingerprint density at radius 2 is 2.28 bits per heavy atom. The summed E-state index contributed by atoms with van der Waals surface area (Å²) in [6.45, 7) is 3.81. The average molecular weight is 246 g/mol. The van der Waals surface area contributed by atoms with E-state index < -0.39 is 0 Å². The van der Waals surface area contributed by atoms with Gasteiger partial charge in [0.25, 0.3) is 0 Å². The first kappa shape index (κ1) is 12.2. The molecule has 0 atom stereocenters. The van der Waals surface area contributed by atoms with E-state index >= 15 is 0 Å². The van der Waals surface area contributed by atoms with Crippen molar-refractivity contribution in [2.24, 2.45) is 0 Å². The van der Waals surface area contributed by atoms with Crippen LogP contribution in [0.4, 0.5) is 0 Å². The smallest absolute Gasteiger partial charge is 0.227 e. The lowest BCUT2D eigenvalue weighted by Gasteiger charge is -2.05. The number of nitrogens with one attached hydrogen (secondary N) is 2. The number of aromatic amines is 1. The van der Waals surface area contributed by atoms with Crippen LogP contribution < -0.4 is 5.32 Å². The van der Waals surface area contributed by atoms with Gasteiger partial charge in [0.15, 0.2) is 0 Å². The van der Waals surface area contributed by atoms with Crippen LogP contribution in [0, 0.1) is 0 Å². The molecule has 2 aromatic rings. The molecule has 0 spiro atoms. The third kappa shape index (κ3) is 3.09. The maximum Gasteiger partial charge on any atom is 0.227 e. The number of hydrogen-bond donors (Lipinski definition) is 2. The van der Waals surface area contributed by atoms with E-state index in [0.29, 0.717) is 17.3 Å². The van der Waals surface area contributed by atoms with Crippen LogP contribution in [0.25, 0.3) is 11.5 Å². The summed E-state index contributed by atoms with van der Waals surface area (Å²) in [5.74, 6) is 0.857. The van der Waals surface area contributed by atoms with E-state index in [-0.39, 0.29) is 18.4 Å². The van der Waals surface area contributed by atoms with E-state index in [2.05, 4.69) is 30.5 Å². The highest BCUT2D eigenvalue weighted by atomic mass is 16.1. The highest BCUT2D eigenvalue weighted by Crippen LogP contribution is 2.08. The molecule has 0 radical (unpaired) electrons. The molecule has 0 saturated heterocycles. The fraction of sp³-hybridized carbons (Fsp3) is 0.364. The molecule has 0 unspecified atom stereocenters. The lowest BCUT2D eigenvalue weighted by atomic mass is 10.3. The Balaban J connectivity index is 2.05. The van der Waals surface area contributed by atoms with Gasteiger partial charge in [0, 0.05) is 18.4 Å². The Hall–Kier alpha value is -2.31. The molecule has 2 aromatic heterocycles. The van der Waals surface area contributed by atoms with E-state index in [4.69, 9.17) is 0 Å². The standard InChI is InChI=1S/C11H14N6O/c1-7(2)14-10(18)5-9-15-11(17-16-9)8-6-12-3-4-13-8/h3-4,6-7H,5H2,1-2H3,(H,14,18)(H,15,16,17). The number of H-pyrrole nitrogens is 1. The molecule has 0 bridgehead atoms. The highest BCUT2D eigenvalue weighted by Gasteiger charge is 2.11. The second-order valence-electron chi connectivity index (χ2n) is 4.10. The maximum absolute atomic E-state index is 11.5. The molecule has 0 aliphatic heterocycles. The van der Waals surface area contributed by atoms with Gasteiger partial charge >= 0.3 is 0 Å². The van der Waals surface area contributed by atoms with Gasteiger partial charge in [-0.2, -0.15) is 5.10 Å². The molecule has 0 saturated carbocycles. The van der Waals surface area contributed by atoms with Crippen molar-refractivity contribution < 1.29 is 4.79 Å². The third-order valence-electron chi connectivity index (χ3n) is 2.10. The topological polar surface area (TPSA) is 96.5 Å². The largest absolute Gasteiger partial charge is 0.354 e. The quantitative estimate of drug-likeness (QED) is 0.810. The zero-order chi connectivity index (χ0) is 13.0. The Kier molecular flexibility index (Phi) is 3.61. The van der Waals surface area contributed by atoms with Crippen LogP contribution in [0.3, 0.4) is 0 Å². The van der Waals surface area contributed by atoms with Gasteiger partial charge in [-0.25, -0.2) is 9.97 Å². The van der Waals surface area contributed by atoms with Gasteiger partial charge in [-0.15, -0.1) is 0 Å². The van der Waals surface area contributed by atoms with Gasteiger partial charge < -0.3 is 5.32 Å². The molecule has 0 aliphatic rings. The minimum absolute atomic E-state index is 0.0909. The monoisotopic (exact) mass is 246 g/mol. The Bertz CT molecular complexity index is 521. The van der Waals surface area contributed by atoms with Gasteiger partial charge in [-0.3, -0.25) is 14.9 Å². The van der Waals surface area contributed by atoms with E-state index in [0.717, 1.165) is 0 Å². The molecule has 7 heteroatoms. The Morgan fingerprint density at radius 1 is 1.44 bits per heavy atom. The lowest BCUT2D eigenvalue weighted by molar-refractivity contribution is -0.121. The van der Waals surface area contributed by atoms with Crippen LogP contribution >= 0.6 is 0 Å². The van der Waals surface area contributed by atoms with Crippen LogP contribution in [-0.2, 0) is 11.2 Å². The first-order chi connectivity index (χ1) is 8.65. The van der Waals surface area contributed by atoms with E-state index in [9.17, 15) is 4.79 Å². The molecule has 1 amide bonds. The molecule has 0 aliphatic carbocycles. The molecule has 0 aromatic carbocycles. The summed E-state index contributed by atoms with van der Waals surface area (Å²) < 4.78 is 0. The van der Waals surface area contributed by atoms with Crippen molar-refractivity contribution in [3.05, 3.63) is 24.4 Å². The first-order valence-electron chi connectivity index (χ1n) is 5.62. The van der Waals surface area contributed by atoms with Gasteiger partial charge in [0.05, 0.1) is 12.6 Å². The predicted molar refractivity (Wildman–Crippen MR) is 64.4 cm³/mol. The van der Waals surface area contributed by atoms with E-state index in [1.54, 1.807) is 18.6 Å². The minimum Gasteiger partial charge on any atom is -0.354 e. The summed E-state index contributed by atoms with van der Waals surface area (Å²) in [5, 5.41) is 9.50. The summed E-state index contributed by atoms with van der Waals surface area (Å²) in [6, 6.07) is 0.111. The van der Waals surface area contributed by atoms with Crippen molar-refractivity contribution in [2.75, 3.05) is 0 Å². The van der Waals surface area contributed by atoms with E-state index in [1.165, 1.54) is 0 Å².